The van der Waals surface area contributed by atoms with Gasteiger partial charge in [0, 0.05) is 24.8 Å². The van der Waals surface area contributed by atoms with Gasteiger partial charge in [-0.25, -0.2) is 4.79 Å². The fourth-order valence-electron chi connectivity index (χ4n) is 1.40. The topological polar surface area (TPSA) is 63.7 Å². The molecule has 1 aliphatic heterocycles. The molecule has 0 atom stereocenters. The Morgan fingerprint density at radius 1 is 1.31 bits per heavy atom. The van der Waals surface area contributed by atoms with Gasteiger partial charge in [-0.05, 0) is 18.2 Å². The Kier molecular flexibility index (Phi) is 2.70. The molecule has 82 valence electrons. The van der Waals surface area contributed by atoms with E-state index >= 15 is 0 Å². The van der Waals surface area contributed by atoms with Crippen LogP contribution in [-0.4, -0.2) is 22.8 Å². The lowest BCUT2D eigenvalue weighted by Gasteiger charge is -2.13. The number of rotatable bonds is 2. The summed E-state index contributed by atoms with van der Waals surface area (Å²) in [5.41, 5.74) is 3.19. The Balaban J connectivity index is 2.02. The number of carbonyl (C=O) groups is 3. The molecule has 0 radical (unpaired) electrons. The minimum absolute atomic E-state index is 0.102. The molecular weight excluding hydrogens is 210 g/mol. The van der Waals surface area contributed by atoms with E-state index in [1.165, 1.54) is 0 Å². The van der Waals surface area contributed by atoms with Crippen molar-refractivity contribution in [1.29, 1.82) is 0 Å². The van der Waals surface area contributed by atoms with Gasteiger partial charge in [-0.15, -0.1) is 10.8 Å². The zero-order valence-electron chi connectivity index (χ0n) is 8.43. The molecule has 1 fully saturated rings. The molecule has 0 aromatic rings. The van der Waals surface area contributed by atoms with Crippen LogP contribution in [0.15, 0.2) is 29.5 Å². The molecular formula is C11H9NO4. The van der Waals surface area contributed by atoms with Gasteiger partial charge >= 0.3 is 5.97 Å². The zero-order valence-corrected chi connectivity index (χ0v) is 8.43. The average molecular weight is 219 g/mol. The van der Waals surface area contributed by atoms with Crippen molar-refractivity contribution >= 4 is 17.8 Å². The summed E-state index contributed by atoms with van der Waals surface area (Å²) >= 11 is 0. The van der Waals surface area contributed by atoms with Crippen LogP contribution in [0.5, 0.6) is 0 Å². The Hall–Kier alpha value is -2.13. The number of hydroxylamine groups is 2. The summed E-state index contributed by atoms with van der Waals surface area (Å²) in [6.07, 6.45) is 5.40. The van der Waals surface area contributed by atoms with Gasteiger partial charge in [0.05, 0.1) is 0 Å². The Labute approximate surface area is 91.6 Å². The molecule has 1 aliphatic carbocycles. The van der Waals surface area contributed by atoms with Crippen molar-refractivity contribution < 1.29 is 19.2 Å². The van der Waals surface area contributed by atoms with Crippen LogP contribution in [0.4, 0.5) is 0 Å². The standard InChI is InChI=1S/C11H9NO4/c13-9-6-7-10(14)12(9)16-11(15)8-4-2-1-3-5-8/h2-4H,5-7H2. The van der Waals surface area contributed by atoms with Crippen molar-refractivity contribution in [2.75, 3.05) is 0 Å². The summed E-state index contributed by atoms with van der Waals surface area (Å²) in [6.45, 7) is 0. The number of nitrogens with zero attached hydrogens (tertiary/aromatic N) is 1. The smallest absolute Gasteiger partial charge is 0.325 e. The minimum Gasteiger partial charge on any atom is -0.325 e. The highest BCUT2D eigenvalue weighted by atomic mass is 16.7. The maximum absolute atomic E-state index is 11.5. The van der Waals surface area contributed by atoms with Gasteiger partial charge in [0.15, 0.2) is 0 Å². The molecule has 1 heterocycles. The number of allylic oxidation sites excluding steroid dienone is 2. The zero-order chi connectivity index (χ0) is 11.5. The molecule has 2 rings (SSSR count). The van der Waals surface area contributed by atoms with E-state index in [4.69, 9.17) is 4.84 Å². The average Bonchev–Trinajstić information content (AvgIpc) is 2.62. The Morgan fingerprint density at radius 2 is 2.00 bits per heavy atom. The van der Waals surface area contributed by atoms with Crippen LogP contribution in [-0.2, 0) is 19.2 Å². The van der Waals surface area contributed by atoms with Gasteiger partial charge in [-0.3, -0.25) is 9.59 Å². The first-order chi connectivity index (χ1) is 7.68. The highest BCUT2D eigenvalue weighted by Crippen LogP contribution is 2.15. The quantitative estimate of drug-likeness (QED) is 0.505. The first kappa shape index (κ1) is 10.4. The molecule has 0 bridgehead atoms. The van der Waals surface area contributed by atoms with Gasteiger partial charge in [-0.2, -0.15) is 0 Å². The van der Waals surface area contributed by atoms with Gasteiger partial charge < -0.3 is 4.84 Å². The molecule has 16 heavy (non-hydrogen) atoms. The summed E-state index contributed by atoms with van der Waals surface area (Å²) in [5, 5.41) is 0.547. The molecule has 5 nitrogen and oxygen atoms in total. The summed E-state index contributed by atoms with van der Waals surface area (Å²) in [7, 11) is 0. The van der Waals surface area contributed by atoms with E-state index in [9.17, 15) is 14.4 Å². The van der Waals surface area contributed by atoms with E-state index in [2.05, 4.69) is 5.73 Å². The van der Waals surface area contributed by atoms with Crippen molar-refractivity contribution in [1.82, 2.24) is 5.06 Å². The van der Waals surface area contributed by atoms with Gasteiger partial charge in [0.2, 0.25) is 0 Å². The third kappa shape index (κ3) is 1.94. The largest absolute Gasteiger partial charge is 0.360 e. The first-order valence-corrected chi connectivity index (χ1v) is 4.86. The van der Waals surface area contributed by atoms with E-state index in [0.717, 1.165) is 0 Å². The van der Waals surface area contributed by atoms with Gasteiger partial charge in [-0.1, -0.05) is 0 Å². The number of imide groups is 1. The van der Waals surface area contributed by atoms with Crippen molar-refractivity contribution in [3.05, 3.63) is 29.5 Å². The summed E-state index contributed by atoms with van der Waals surface area (Å²) in [6, 6.07) is 0. The van der Waals surface area contributed by atoms with Crippen molar-refractivity contribution in [2.45, 2.75) is 19.3 Å². The maximum Gasteiger partial charge on any atom is 0.360 e. The van der Waals surface area contributed by atoms with Crippen molar-refractivity contribution in [3.63, 3.8) is 0 Å². The number of hydrogen-bond donors (Lipinski definition) is 0. The highest BCUT2D eigenvalue weighted by Gasteiger charge is 2.33. The fraction of sp³-hybridized carbons (Fsp3) is 0.273. The summed E-state index contributed by atoms with van der Waals surface area (Å²) < 4.78 is 0. The van der Waals surface area contributed by atoms with Crippen LogP contribution in [0.1, 0.15) is 19.3 Å². The van der Waals surface area contributed by atoms with Gasteiger partial charge in [0.25, 0.3) is 11.8 Å². The lowest BCUT2D eigenvalue weighted by molar-refractivity contribution is -0.194. The predicted octanol–water partition coefficient (Wildman–Crippen LogP) is 0.635. The van der Waals surface area contributed by atoms with E-state index in [1.807, 2.05) is 0 Å². The van der Waals surface area contributed by atoms with Crippen LogP contribution in [0.3, 0.4) is 0 Å². The number of carbonyl (C=O) groups excluding carboxylic acids is 3. The highest BCUT2D eigenvalue weighted by molar-refractivity contribution is 6.02. The molecule has 0 N–H and O–H groups in total. The fourth-order valence-corrected chi connectivity index (χ4v) is 1.40. The van der Waals surface area contributed by atoms with E-state index < -0.39 is 17.8 Å². The van der Waals surface area contributed by atoms with Crippen LogP contribution in [0, 0.1) is 0 Å². The Bertz CT molecular complexity index is 439. The Morgan fingerprint density at radius 3 is 2.56 bits per heavy atom. The van der Waals surface area contributed by atoms with E-state index in [1.54, 1.807) is 18.2 Å². The molecule has 0 unspecified atom stereocenters. The predicted molar refractivity (Wildman–Crippen MR) is 52.5 cm³/mol. The molecule has 1 saturated heterocycles. The molecule has 0 aromatic heterocycles. The molecule has 5 heteroatoms. The summed E-state index contributed by atoms with van der Waals surface area (Å²) in [4.78, 5) is 38.6. The first-order valence-electron chi connectivity index (χ1n) is 4.86. The number of hydrogen-bond acceptors (Lipinski definition) is 4. The SMILES string of the molecule is O=C(ON1C(=O)CCC1=O)C1=CC=C=CC1. The van der Waals surface area contributed by atoms with Gasteiger partial charge in [0.1, 0.15) is 0 Å². The number of amides is 2. The lowest BCUT2D eigenvalue weighted by atomic mass is 10.1. The molecule has 2 amide bonds. The van der Waals surface area contributed by atoms with Crippen LogP contribution >= 0.6 is 0 Å². The third-order valence-electron chi connectivity index (χ3n) is 2.26. The van der Waals surface area contributed by atoms with Crippen molar-refractivity contribution in [2.24, 2.45) is 0 Å². The molecule has 0 spiro atoms. The normalized spacial score (nSPS) is 19.0. The third-order valence-corrected chi connectivity index (χ3v) is 2.26. The van der Waals surface area contributed by atoms with E-state index in [0.29, 0.717) is 17.1 Å². The molecule has 0 saturated carbocycles. The second-order valence-electron chi connectivity index (χ2n) is 3.39. The lowest BCUT2D eigenvalue weighted by Crippen LogP contribution is -2.32. The second-order valence-corrected chi connectivity index (χ2v) is 3.39. The molecule has 0 aromatic carbocycles. The maximum atomic E-state index is 11.5. The van der Waals surface area contributed by atoms with Crippen LogP contribution < -0.4 is 0 Å². The van der Waals surface area contributed by atoms with E-state index in [-0.39, 0.29) is 12.8 Å². The monoisotopic (exact) mass is 219 g/mol. The summed E-state index contributed by atoms with van der Waals surface area (Å²) in [5.74, 6) is -1.61. The molecule has 2 aliphatic rings. The van der Waals surface area contributed by atoms with Crippen molar-refractivity contribution in [3.8, 4) is 0 Å². The minimum atomic E-state index is -0.669. The van der Waals surface area contributed by atoms with Crippen LogP contribution in [0.25, 0.3) is 0 Å². The second kappa shape index (κ2) is 4.16. The van der Waals surface area contributed by atoms with Crippen LogP contribution in [0.2, 0.25) is 0 Å².